The van der Waals surface area contributed by atoms with Crippen LogP contribution in [-0.2, 0) is 16.2 Å². The Balaban J connectivity index is 1.83. The van der Waals surface area contributed by atoms with Crippen LogP contribution in [0.5, 0.6) is 5.75 Å². The number of carboxylic acid groups (broad SMARTS) is 1. The van der Waals surface area contributed by atoms with E-state index in [4.69, 9.17) is 9.84 Å². The molecule has 0 atom stereocenters. The minimum absolute atomic E-state index is 0.0645. The maximum absolute atomic E-state index is 14.0. The maximum atomic E-state index is 14.0. The minimum atomic E-state index is -4.48. The number of nitrogens with zero attached hydrogens (tertiary/aromatic N) is 1. The maximum Gasteiger partial charge on any atom is 0.416 e. The zero-order chi connectivity index (χ0) is 24.4. The summed E-state index contributed by atoms with van der Waals surface area (Å²) in [5, 5.41) is 9.74. The molecule has 33 heavy (non-hydrogen) atoms. The van der Waals surface area contributed by atoms with Gasteiger partial charge in [0, 0.05) is 17.0 Å². The van der Waals surface area contributed by atoms with Gasteiger partial charge in [-0.25, -0.2) is 14.2 Å². The number of alkyl halides is 3. The summed E-state index contributed by atoms with van der Waals surface area (Å²) in [4.78, 5) is 14.9. The summed E-state index contributed by atoms with van der Waals surface area (Å²) in [5.74, 6) is 2.18. The lowest BCUT2D eigenvalue weighted by Gasteiger charge is -2.12. The molecule has 7 nitrogen and oxygen atoms in total. The van der Waals surface area contributed by atoms with Gasteiger partial charge in [0.1, 0.15) is 11.6 Å². The van der Waals surface area contributed by atoms with Crippen molar-refractivity contribution in [3.8, 4) is 17.6 Å². The van der Waals surface area contributed by atoms with E-state index >= 15 is 0 Å². The molecule has 3 aromatic rings. The normalized spacial score (nSPS) is 11.4. The highest BCUT2D eigenvalue weighted by molar-refractivity contribution is 7.92. The van der Waals surface area contributed by atoms with Gasteiger partial charge in [-0.05, 0) is 36.3 Å². The van der Waals surface area contributed by atoms with Crippen LogP contribution in [0.1, 0.15) is 26.5 Å². The van der Waals surface area contributed by atoms with Gasteiger partial charge in [0.15, 0.2) is 10.0 Å². The predicted octanol–water partition coefficient (Wildman–Crippen LogP) is 4.21. The highest BCUT2D eigenvalue weighted by Gasteiger charge is 2.29. The highest BCUT2D eigenvalue weighted by Crippen LogP contribution is 2.31. The van der Waals surface area contributed by atoms with E-state index in [9.17, 15) is 30.8 Å². The molecule has 0 saturated carbocycles. The quantitative estimate of drug-likeness (QED) is 0.402. The van der Waals surface area contributed by atoms with Crippen molar-refractivity contribution in [2.45, 2.75) is 11.2 Å². The van der Waals surface area contributed by atoms with Gasteiger partial charge in [-0.3, -0.25) is 4.72 Å². The molecular weight excluding hydrogens is 488 g/mol. The average molecular weight is 500 g/mol. The Morgan fingerprint density at radius 2 is 1.85 bits per heavy atom. The van der Waals surface area contributed by atoms with Crippen molar-refractivity contribution in [2.24, 2.45) is 0 Å². The first-order valence-corrected chi connectivity index (χ1v) is 11.1. The van der Waals surface area contributed by atoms with Crippen molar-refractivity contribution < 1.29 is 40.6 Å². The van der Waals surface area contributed by atoms with E-state index in [2.05, 4.69) is 21.5 Å². The Morgan fingerprint density at radius 1 is 1.18 bits per heavy atom. The fourth-order valence-electron chi connectivity index (χ4n) is 2.47. The third-order valence-corrected chi connectivity index (χ3v) is 6.20. The van der Waals surface area contributed by atoms with Crippen LogP contribution >= 0.6 is 11.3 Å². The third kappa shape index (κ3) is 5.60. The third-order valence-electron chi connectivity index (χ3n) is 4.05. The molecule has 172 valence electrons. The lowest BCUT2D eigenvalue weighted by Crippen LogP contribution is -2.15. The molecule has 0 radical (unpaired) electrons. The monoisotopic (exact) mass is 500 g/mol. The highest BCUT2D eigenvalue weighted by atomic mass is 32.2. The molecule has 0 fully saturated rings. The van der Waals surface area contributed by atoms with Crippen molar-refractivity contribution in [3.05, 3.63) is 69.3 Å². The van der Waals surface area contributed by atoms with Gasteiger partial charge in [-0.1, -0.05) is 5.92 Å². The van der Waals surface area contributed by atoms with Crippen molar-refractivity contribution in [1.29, 1.82) is 0 Å². The number of carbonyl (C=O) groups is 1. The number of rotatable bonds is 5. The van der Waals surface area contributed by atoms with Gasteiger partial charge >= 0.3 is 12.1 Å². The first-order chi connectivity index (χ1) is 15.4. The Bertz CT molecular complexity index is 1370. The van der Waals surface area contributed by atoms with E-state index < -0.39 is 44.1 Å². The number of carboxylic acids is 1. The molecule has 3 rings (SSSR count). The lowest BCUT2D eigenvalue weighted by molar-refractivity contribution is -0.137. The number of thiazole rings is 1. The summed E-state index contributed by atoms with van der Waals surface area (Å²) in [6, 6.07) is 5.57. The van der Waals surface area contributed by atoms with E-state index in [0.29, 0.717) is 6.07 Å². The summed E-state index contributed by atoms with van der Waals surface area (Å²) in [5.41, 5.74) is -1.61. The molecule has 2 aromatic carbocycles. The van der Waals surface area contributed by atoms with E-state index in [0.717, 1.165) is 42.0 Å². The number of methoxy groups -OCH3 is 1. The SMILES string of the molecule is COc1cc(C(=O)O)c(F)cc1NS(=O)(=O)c1csc(C#Cc2ccc(C(F)(F)F)cc2)n1. The zero-order valence-corrected chi connectivity index (χ0v) is 18.0. The Morgan fingerprint density at radius 3 is 2.42 bits per heavy atom. The van der Waals surface area contributed by atoms with Crippen LogP contribution in [0.3, 0.4) is 0 Å². The molecule has 0 spiro atoms. The molecule has 0 unspecified atom stereocenters. The van der Waals surface area contributed by atoms with Crippen molar-refractivity contribution >= 4 is 33.0 Å². The Labute approximate surface area is 188 Å². The van der Waals surface area contributed by atoms with Gasteiger partial charge in [0.2, 0.25) is 0 Å². The van der Waals surface area contributed by atoms with Crippen LogP contribution in [0.25, 0.3) is 0 Å². The second-order valence-corrected chi connectivity index (χ2v) is 8.75. The van der Waals surface area contributed by atoms with E-state index in [1.165, 1.54) is 12.1 Å². The molecule has 1 heterocycles. The van der Waals surface area contributed by atoms with E-state index in [1.54, 1.807) is 0 Å². The molecule has 2 N–H and O–H groups in total. The zero-order valence-electron chi connectivity index (χ0n) is 16.4. The fourth-order valence-corrected chi connectivity index (χ4v) is 4.47. The van der Waals surface area contributed by atoms with Crippen LogP contribution < -0.4 is 9.46 Å². The molecule has 0 saturated heterocycles. The molecule has 13 heteroatoms. The van der Waals surface area contributed by atoms with Crippen LogP contribution in [0.2, 0.25) is 0 Å². The Kier molecular flexibility index (Phi) is 6.61. The Hall–Kier alpha value is -3.63. The molecule has 0 amide bonds. The summed E-state index contributed by atoms with van der Waals surface area (Å²) in [6.45, 7) is 0. The summed E-state index contributed by atoms with van der Waals surface area (Å²) < 4.78 is 84.0. The molecular formula is C20H12F4N2O5S2. The standard InChI is InChI=1S/C20H12F4N2O5S2/c1-31-16-8-13(19(27)28)14(21)9-15(16)26-33(29,30)18-10-32-17(25-18)7-4-11-2-5-12(6-3-11)20(22,23)24/h2-3,5-6,8-10,26H,1H3,(H,27,28). The first-order valence-electron chi connectivity index (χ1n) is 8.69. The van der Waals surface area contributed by atoms with Gasteiger partial charge in [0.25, 0.3) is 10.0 Å². The number of hydrogen-bond donors (Lipinski definition) is 2. The lowest BCUT2D eigenvalue weighted by atomic mass is 10.1. The number of aromatic nitrogens is 1. The molecule has 0 aliphatic rings. The summed E-state index contributed by atoms with van der Waals surface area (Å²) >= 11 is 0.866. The van der Waals surface area contributed by atoms with Gasteiger partial charge < -0.3 is 9.84 Å². The predicted molar refractivity (Wildman–Crippen MR) is 110 cm³/mol. The number of ether oxygens (including phenoxy) is 1. The molecule has 0 aliphatic heterocycles. The van der Waals surface area contributed by atoms with E-state index in [1.807, 2.05) is 0 Å². The molecule has 0 bridgehead atoms. The minimum Gasteiger partial charge on any atom is -0.495 e. The smallest absolute Gasteiger partial charge is 0.416 e. The molecule has 1 aromatic heterocycles. The van der Waals surface area contributed by atoms with Crippen LogP contribution in [0, 0.1) is 17.7 Å². The summed E-state index contributed by atoms with van der Waals surface area (Å²) in [6.07, 6.45) is -4.48. The van der Waals surface area contributed by atoms with Crippen molar-refractivity contribution in [2.75, 3.05) is 11.8 Å². The first kappa shape index (κ1) is 24.0. The van der Waals surface area contributed by atoms with Crippen LogP contribution in [-0.4, -0.2) is 31.6 Å². The number of hydrogen-bond acceptors (Lipinski definition) is 6. The largest absolute Gasteiger partial charge is 0.495 e. The topological polar surface area (TPSA) is 106 Å². The number of nitrogens with one attached hydrogen (secondary N) is 1. The average Bonchev–Trinajstić information content (AvgIpc) is 3.22. The number of aromatic carboxylic acids is 1. The van der Waals surface area contributed by atoms with Crippen LogP contribution in [0.15, 0.2) is 46.8 Å². The van der Waals surface area contributed by atoms with Crippen molar-refractivity contribution in [1.82, 2.24) is 4.98 Å². The van der Waals surface area contributed by atoms with E-state index in [-0.39, 0.29) is 22.0 Å². The fraction of sp³-hybridized carbons (Fsp3) is 0.100. The number of benzene rings is 2. The second-order valence-electron chi connectivity index (χ2n) is 6.26. The van der Waals surface area contributed by atoms with Gasteiger partial charge in [0.05, 0.1) is 23.9 Å². The number of anilines is 1. The summed E-state index contributed by atoms with van der Waals surface area (Å²) in [7, 11) is -3.17. The molecule has 0 aliphatic carbocycles. The van der Waals surface area contributed by atoms with Crippen LogP contribution in [0.4, 0.5) is 23.2 Å². The van der Waals surface area contributed by atoms with Gasteiger partial charge in [-0.15, -0.1) is 11.3 Å². The van der Waals surface area contributed by atoms with Gasteiger partial charge in [-0.2, -0.15) is 21.6 Å². The number of halogens is 4. The van der Waals surface area contributed by atoms with Crippen molar-refractivity contribution in [3.63, 3.8) is 0 Å². The second kappa shape index (κ2) is 9.08. The number of sulfonamides is 1.